The molecule has 4 rings (SSSR count). The fraction of sp³-hybridized carbons (Fsp3) is 0.741. The SMILES string of the molecule is CC(=O)N1[C@H](COC2CCCCO2)[C@@H](OCc2ccccc2)[C@H](OC2CCCCO2)[C@H]1CCCBr. The molecule has 1 amide bonds. The molecule has 6 atom stereocenters. The molecule has 0 aliphatic carbocycles. The summed E-state index contributed by atoms with van der Waals surface area (Å²) in [6.07, 6.45) is 6.70. The number of likely N-dealkylation sites (tertiary alicyclic amines) is 1. The molecule has 0 saturated carbocycles. The van der Waals surface area contributed by atoms with E-state index in [1.54, 1.807) is 6.92 Å². The average Bonchev–Trinajstić information content (AvgIpc) is 3.18. The van der Waals surface area contributed by atoms with E-state index in [0.717, 1.165) is 68.9 Å². The van der Waals surface area contributed by atoms with E-state index in [9.17, 15) is 4.79 Å². The Morgan fingerprint density at radius 1 is 0.971 bits per heavy atom. The summed E-state index contributed by atoms with van der Waals surface area (Å²) in [6, 6.07) is 9.79. The number of carbonyl (C=O) groups is 1. The van der Waals surface area contributed by atoms with Gasteiger partial charge in [-0.15, -0.1) is 0 Å². The molecule has 196 valence electrons. The minimum atomic E-state index is -0.325. The van der Waals surface area contributed by atoms with E-state index in [1.807, 2.05) is 23.1 Å². The van der Waals surface area contributed by atoms with E-state index in [-0.39, 0.29) is 42.8 Å². The maximum Gasteiger partial charge on any atom is 0.220 e. The van der Waals surface area contributed by atoms with E-state index in [1.165, 1.54) is 0 Å². The molecule has 2 unspecified atom stereocenters. The van der Waals surface area contributed by atoms with Crippen molar-refractivity contribution in [2.75, 3.05) is 25.2 Å². The summed E-state index contributed by atoms with van der Waals surface area (Å²) in [7, 11) is 0. The van der Waals surface area contributed by atoms with E-state index in [4.69, 9.17) is 23.7 Å². The first-order valence-electron chi connectivity index (χ1n) is 13.2. The highest BCUT2D eigenvalue weighted by Gasteiger charge is 2.52. The Bertz CT molecular complexity index is 755. The monoisotopic (exact) mass is 553 g/mol. The number of carbonyl (C=O) groups excluding carboxylic acids is 1. The first-order chi connectivity index (χ1) is 17.2. The average molecular weight is 555 g/mol. The van der Waals surface area contributed by atoms with Crippen LogP contribution >= 0.6 is 15.9 Å². The van der Waals surface area contributed by atoms with E-state index in [2.05, 4.69) is 28.1 Å². The van der Waals surface area contributed by atoms with Crippen molar-refractivity contribution >= 4 is 21.8 Å². The number of amides is 1. The predicted molar refractivity (Wildman–Crippen MR) is 136 cm³/mol. The van der Waals surface area contributed by atoms with Gasteiger partial charge >= 0.3 is 0 Å². The summed E-state index contributed by atoms with van der Waals surface area (Å²) >= 11 is 3.57. The van der Waals surface area contributed by atoms with Crippen LogP contribution in [0.25, 0.3) is 0 Å². The zero-order chi connectivity index (χ0) is 24.5. The second kappa shape index (κ2) is 14.1. The summed E-state index contributed by atoms with van der Waals surface area (Å²) in [6.45, 7) is 3.88. The Kier molecular flexibility index (Phi) is 10.8. The third kappa shape index (κ3) is 7.49. The number of hydrogen-bond acceptors (Lipinski definition) is 6. The van der Waals surface area contributed by atoms with Crippen LogP contribution in [0.3, 0.4) is 0 Å². The Hall–Kier alpha value is -1.03. The van der Waals surface area contributed by atoms with Crippen molar-refractivity contribution in [2.24, 2.45) is 0 Å². The van der Waals surface area contributed by atoms with Gasteiger partial charge in [-0.05, 0) is 56.9 Å². The van der Waals surface area contributed by atoms with Gasteiger partial charge in [0.25, 0.3) is 0 Å². The highest BCUT2D eigenvalue weighted by Crippen LogP contribution is 2.36. The third-order valence-electron chi connectivity index (χ3n) is 7.12. The highest BCUT2D eigenvalue weighted by atomic mass is 79.9. The standard InChI is InChI=1S/C27H40BrNO6/c1-20(30)29-22(12-9-15-28)27(35-25-14-6-8-17-32-25)26(34-18-21-10-3-2-4-11-21)23(29)19-33-24-13-5-7-16-31-24/h2-4,10-11,22-27H,5-9,12-19H2,1H3/t22-,23-,24?,25?,26-,27-/m1/s1. The molecule has 0 radical (unpaired) electrons. The molecule has 35 heavy (non-hydrogen) atoms. The summed E-state index contributed by atoms with van der Waals surface area (Å²) < 4.78 is 31.2. The van der Waals surface area contributed by atoms with Crippen molar-refractivity contribution in [3.63, 3.8) is 0 Å². The highest BCUT2D eigenvalue weighted by molar-refractivity contribution is 9.09. The summed E-state index contributed by atoms with van der Waals surface area (Å²) in [5, 5.41) is 0.870. The molecule has 3 saturated heterocycles. The van der Waals surface area contributed by atoms with Crippen LogP contribution in [-0.4, -0.2) is 72.8 Å². The first kappa shape index (κ1) is 27.0. The molecule has 0 N–H and O–H groups in total. The molecule has 7 nitrogen and oxygen atoms in total. The van der Waals surface area contributed by atoms with Crippen LogP contribution in [0.2, 0.25) is 0 Å². The lowest BCUT2D eigenvalue weighted by molar-refractivity contribution is -0.214. The Labute approximate surface area is 217 Å². The van der Waals surface area contributed by atoms with Crippen LogP contribution in [0.5, 0.6) is 0 Å². The molecule has 0 aromatic heterocycles. The van der Waals surface area contributed by atoms with Crippen LogP contribution in [0.4, 0.5) is 0 Å². The molecule has 3 aliphatic heterocycles. The molecular weight excluding hydrogens is 514 g/mol. The molecule has 3 aliphatic rings. The molecule has 0 spiro atoms. The number of halogens is 1. The van der Waals surface area contributed by atoms with Crippen molar-refractivity contribution < 1.29 is 28.5 Å². The zero-order valence-electron chi connectivity index (χ0n) is 20.8. The minimum absolute atomic E-state index is 0.0201. The number of hydrogen-bond donors (Lipinski definition) is 0. The number of rotatable bonds is 11. The van der Waals surface area contributed by atoms with Gasteiger partial charge in [0.15, 0.2) is 12.6 Å². The predicted octanol–water partition coefficient (Wildman–Crippen LogP) is 4.80. The minimum Gasteiger partial charge on any atom is -0.368 e. The molecular formula is C27H40BrNO6. The van der Waals surface area contributed by atoms with Gasteiger partial charge in [-0.2, -0.15) is 0 Å². The van der Waals surface area contributed by atoms with E-state index in [0.29, 0.717) is 19.8 Å². The first-order valence-corrected chi connectivity index (χ1v) is 14.3. The van der Waals surface area contributed by atoms with E-state index < -0.39 is 0 Å². The Morgan fingerprint density at radius 2 is 1.69 bits per heavy atom. The third-order valence-corrected chi connectivity index (χ3v) is 7.68. The largest absolute Gasteiger partial charge is 0.368 e. The number of nitrogens with zero attached hydrogens (tertiary/aromatic N) is 1. The van der Waals surface area contributed by atoms with Gasteiger partial charge in [0.2, 0.25) is 5.91 Å². The smallest absolute Gasteiger partial charge is 0.220 e. The van der Waals surface area contributed by atoms with Crippen LogP contribution < -0.4 is 0 Å². The summed E-state index contributed by atoms with van der Waals surface area (Å²) in [4.78, 5) is 15.0. The fourth-order valence-corrected chi connectivity index (χ4v) is 5.74. The molecule has 1 aromatic rings. The van der Waals surface area contributed by atoms with E-state index >= 15 is 0 Å². The Balaban J connectivity index is 1.57. The van der Waals surface area contributed by atoms with Crippen LogP contribution in [0.15, 0.2) is 30.3 Å². The quantitative estimate of drug-likeness (QED) is 0.366. The second-order valence-electron chi connectivity index (χ2n) is 9.68. The molecule has 0 bridgehead atoms. The maximum atomic E-state index is 13.0. The van der Waals surface area contributed by atoms with Gasteiger partial charge in [0, 0.05) is 25.5 Å². The van der Waals surface area contributed by atoms with Crippen LogP contribution in [0.1, 0.15) is 63.9 Å². The summed E-state index contributed by atoms with van der Waals surface area (Å²) in [5.41, 5.74) is 1.09. The summed E-state index contributed by atoms with van der Waals surface area (Å²) in [5.74, 6) is 0.0201. The maximum absolute atomic E-state index is 13.0. The lowest BCUT2D eigenvalue weighted by atomic mass is 10.0. The van der Waals surface area contributed by atoms with Crippen LogP contribution in [-0.2, 0) is 35.1 Å². The van der Waals surface area contributed by atoms with Gasteiger partial charge in [-0.1, -0.05) is 46.3 Å². The van der Waals surface area contributed by atoms with Gasteiger partial charge in [-0.3, -0.25) is 4.79 Å². The van der Waals surface area contributed by atoms with Crippen molar-refractivity contribution in [1.82, 2.24) is 4.90 Å². The Morgan fingerprint density at radius 3 is 2.31 bits per heavy atom. The van der Waals surface area contributed by atoms with Gasteiger partial charge in [-0.25, -0.2) is 0 Å². The van der Waals surface area contributed by atoms with Gasteiger partial charge < -0.3 is 28.6 Å². The topological polar surface area (TPSA) is 66.5 Å². The zero-order valence-corrected chi connectivity index (χ0v) is 22.4. The lowest BCUT2D eigenvalue weighted by Gasteiger charge is -2.32. The normalized spacial score (nSPS) is 31.5. The fourth-order valence-electron chi connectivity index (χ4n) is 5.42. The molecule has 3 heterocycles. The van der Waals surface area contributed by atoms with Gasteiger partial charge in [0.1, 0.15) is 12.2 Å². The molecule has 3 fully saturated rings. The van der Waals surface area contributed by atoms with Crippen molar-refractivity contribution in [2.45, 2.75) is 102 Å². The van der Waals surface area contributed by atoms with Gasteiger partial charge in [0.05, 0.1) is 25.3 Å². The van der Waals surface area contributed by atoms with Crippen molar-refractivity contribution in [1.29, 1.82) is 0 Å². The number of alkyl halides is 1. The van der Waals surface area contributed by atoms with Crippen LogP contribution in [0, 0.1) is 0 Å². The molecule has 1 aromatic carbocycles. The van der Waals surface area contributed by atoms with Crippen molar-refractivity contribution in [3.8, 4) is 0 Å². The number of benzene rings is 1. The molecule has 8 heteroatoms. The van der Waals surface area contributed by atoms with Crippen molar-refractivity contribution in [3.05, 3.63) is 35.9 Å². The number of ether oxygens (including phenoxy) is 5. The second-order valence-corrected chi connectivity index (χ2v) is 10.5. The lowest BCUT2D eigenvalue weighted by Crippen LogP contribution is -2.46.